The maximum atomic E-state index is 10.8. The minimum atomic E-state index is -0.770. The molecule has 0 aliphatic carbocycles. The standard InChI is InChI=1S/C10H12N6O2/c1-2-16-9-7(13-14-16)8(11-5-12-9)15-3-6(4-15)10(17)18/h5-6H,2-4H2,1H3,(H,17,18). The van der Waals surface area contributed by atoms with Crippen molar-refractivity contribution < 1.29 is 9.90 Å². The lowest BCUT2D eigenvalue weighted by atomic mass is 10.0. The third kappa shape index (κ3) is 1.49. The summed E-state index contributed by atoms with van der Waals surface area (Å²) in [5, 5.41) is 16.9. The summed E-state index contributed by atoms with van der Waals surface area (Å²) in [5.74, 6) is -0.429. The molecular weight excluding hydrogens is 236 g/mol. The third-order valence-corrected chi connectivity index (χ3v) is 3.11. The molecule has 8 nitrogen and oxygen atoms in total. The number of carbonyl (C=O) groups is 1. The Balaban J connectivity index is 1.94. The van der Waals surface area contributed by atoms with Gasteiger partial charge in [-0.3, -0.25) is 4.79 Å². The van der Waals surface area contributed by atoms with Gasteiger partial charge in [0, 0.05) is 19.6 Å². The van der Waals surface area contributed by atoms with E-state index in [2.05, 4.69) is 20.3 Å². The summed E-state index contributed by atoms with van der Waals surface area (Å²) in [7, 11) is 0. The molecule has 0 saturated carbocycles. The molecule has 1 aliphatic rings. The second-order valence-electron chi connectivity index (χ2n) is 4.21. The summed E-state index contributed by atoms with van der Waals surface area (Å²) < 4.78 is 1.69. The maximum absolute atomic E-state index is 10.8. The lowest BCUT2D eigenvalue weighted by Crippen LogP contribution is -2.50. The van der Waals surface area contributed by atoms with Crippen LogP contribution in [0.3, 0.4) is 0 Å². The molecule has 0 bridgehead atoms. The van der Waals surface area contributed by atoms with E-state index in [9.17, 15) is 4.79 Å². The third-order valence-electron chi connectivity index (χ3n) is 3.11. The first-order chi connectivity index (χ1) is 8.70. The zero-order chi connectivity index (χ0) is 12.7. The first kappa shape index (κ1) is 10.9. The van der Waals surface area contributed by atoms with E-state index in [1.54, 1.807) is 4.68 Å². The quantitative estimate of drug-likeness (QED) is 0.800. The van der Waals surface area contributed by atoms with Gasteiger partial charge in [0.05, 0.1) is 5.92 Å². The maximum Gasteiger partial charge on any atom is 0.310 e. The molecule has 8 heteroatoms. The molecule has 0 atom stereocenters. The number of anilines is 1. The normalized spacial score (nSPS) is 15.9. The molecule has 0 spiro atoms. The molecule has 94 valence electrons. The van der Waals surface area contributed by atoms with Crippen molar-refractivity contribution in [2.24, 2.45) is 5.92 Å². The van der Waals surface area contributed by atoms with Crippen molar-refractivity contribution in [3.05, 3.63) is 6.33 Å². The van der Waals surface area contributed by atoms with Gasteiger partial charge in [-0.05, 0) is 6.92 Å². The first-order valence-corrected chi connectivity index (χ1v) is 5.72. The van der Waals surface area contributed by atoms with Crippen LogP contribution in [0.4, 0.5) is 5.82 Å². The number of aryl methyl sites for hydroxylation is 1. The summed E-state index contributed by atoms with van der Waals surface area (Å²) in [6.07, 6.45) is 1.46. The minimum absolute atomic E-state index is 0.323. The molecule has 18 heavy (non-hydrogen) atoms. The van der Waals surface area contributed by atoms with Crippen LogP contribution < -0.4 is 4.90 Å². The van der Waals surface area contributed by atoms with Gasteiger partial charge in [-0.25, -0.2) is 14.6 Å². The van der Waals surface area contributed by atoms with Crippen molar-refractivity contribution in [3.63, 3.8) is 0 Å². The van der Waals surface area contributed by atoms with Crippen LogP contribution in [0, 0.1) is 5.92 Å². The van der Waals surface area contributed by atoms with Gasteiger partial charge in [-0.15, -0.1) is 5.10 Å². The van der Waals surface area contributed by atoms with Gasteiger partial charge in [0.1, 0.15) is 6.33 Å². The summed E-state index contributed by atoms with van der Waals surface area (Å²) in [4.78, 5) is 21.0. The highest BCUT2D eigenvalue weighted by molar-refractivity contribution is 5.84. The largest absolute Gasteiger partial charge is 0.481 e. The van der Waals surface area contributed by atoms with E-state index in [0.717, 1.165) is 0 Å². The number of aromatic nitrogens is 5. The van der Waals surface area contributed by atoms with Crippen LogP contribution in [0.15, 0.2) is 6.33 Å². The number of carboxylic acid groups (broad SMARTS) is 1. The highest BCUT2D eigenvalue weighted by atomic mass is 16.4. The molecule has 0 radical (unpaired) electrons. The van der Waals surface area contributed by atoms with Gasteiger partial charge >= 0.3 is 5.97 Å². The number of hydrogen-bond donors (Lipinski definition) is 1. The molecule has 3 rings (SSSR count). The number of nitrogens with zero attached hydrogens (tertiary/aromatic N) is 6. The van der Waals surface area contributed by atoms with E-state index < -0.39 is 5.97 Å². The Bertz CT molecular complexity index is 603. The Labute approximate surface area is 102 Å². The van der Waals surface area contributed by atoms with E-state index >= 15 is 0 Å². The second-order valence-corrected chi connectivity index (χ2v) is 4.21. The highest BCUT2D eigenvalue weighted by Crippen LogP contribution is 2.27. The number of aliphatic carboxylic acids is 1. The van der Waals surface area contributed by atoms with Gasteiger partial charge in [-0.1, -0.05) is 5.21 Å². The highest BCUT2D eigenvalue weighted by Gasteiger charge is 2.34. The van der Waals surface area contributed by atoms with Gasteiger partial charge < -0.3 is 10.0 Å². The molecule has 1 saturated heterocycles. The first-order valence-electron chi connectivity index (χ1n) is 5.72. The Morgan fingerprint density at radius 3 is 2.94 bits per heavy atom. The SMILES string of the molecule is CCn1nnc2c(N3CC(C(=O)O)C3)ncnc21. The Morgan fingerprint density at radius 1 is 1.50 bits per heavy atom. The summed E-state index contributed by atoms with van der Waals surface area (Å²) >= 11 is 0. The van der Waals surface area contributed by atoms with Crippen LogP contribution >= 0.6 is 0 Å². The summed E-state index contributed by atoms with van der Waals surface area (Å²) in [6, 6.07) is 0. The number of hydrogen-bond acceptors (Lipinski definition) is 6. The molecular formula is C10H12N6O2. The molecule has 2 aromatic heterocycles. The van der Waals surface area contributed by atoms with Crippen molar-refractivity contribution in [3.8, 4) is 0 Å². The summed E-state index contributed by atoms with van der Waals surface area (Å²) in [5.41, 5.74) is 1.31. The van der Waals surface area contributed by atoms with Gasteiger partial charge in [0.15, 0.2) is 17.0 Å². The van der Waals surface area contributed by atoms with Crippen LogP contribution in [0.2, 0.25) is 0 Å². The number of carboxylic acids is 1. The van der Waals surface area contributed by atoms with Crippen LogP contribution in [0.1, 0.15) is 6.92 Å². The summed E-state index contributed by atoms with van der Waals surface area (Å²) in [6.45, 7) is 3.56. The van der Waals surface area contributed by atoms with Crippen molar-refractivity contribution >= 4 is 23.0 Å². The topological polar surface area (TPSA) is 97.0 Å². The van der Waals surface area contributed by atoms with Crippen molar-refractivity contribution in [2.45, 2.75) is 13.5 Å². The van der Waals surface area contributed by atoms with Crippen molar-refractivity contribution in [1.29, 1.82) is 0 Å². The number of fused-ring (bicyclic) bond motifs is 1. The van der Waals surface area contributed by atoms with Gasteiger partial charge in [-0.2, -0.15) is 0 Å². The average Bonchev–Trinajstić information content (AvgIpc) is 2.70. The molecule has 1 aliphatic heterocycles. The van der Waals surface area contributed by atoms with Crippen LogP contribution in [0.5, 0.6) is 0 Å². The fourth-order valence-electron chi connectivity index (χ4n) is 2.03. The molecule has 0 aromatic carbocycles. The molecule has 3 heterocycles. The fraction of sp³-hybridized carbons (Fsp3) is 0.500. The second kappa shape index (κ2) is 3.90. The van der Waals surface area contributed by atoms with E-state index in [1.165, 1.54) is 6.33 Å². The monoisotopic (exact) mass is 248 g/mol. The Morgan fingerprint density at radius 2 is 2.28 bits per heavy atom. The molecule has 2 aromatic rings. The zero-order valence-corrected chi connectivity index (χ0v) is 9.81. The Hall–Kier alpha value is -2.25. The van der Waals surface area contributed by atoms with E-state index in [1.807, 2.05) is 11.8 Å². The van der Waals surface area contributed by atoms with Gasteiger partial charge in [0.2, 0.25) is 0 Å². The lowest BCUT2D eigenvalue weighted by molar-refractivity contribution is -0.142. The van der Waals surface area contributed by atoms with Crippen LogP contribution in [-0.2, 0) is 11.3 Å². The predicted molar refractivity (Wildman–Crippen MR) is 62.1 cm³/mol. The van der Waals surface area contributed by atoms with Crippen molar-refractivity contribution in [2.75, 3.05) is 18.0 Å². The minimum Gasteiger partial charge on any atom is -0.481 e. The fourth-order valence-corrected chi connectivity index (χ4v) is 2.03. The van der Waals surface area contributed by atoms with Gasteiger partial charge in [0.25, 0.3) is 0 Å². The molecule has 1 N–H and O–H groups in total. The molecule has 0 amide bonds. The molecule has 1 fully saturated rings. The lowest BCUT2D eigenvalue weighted by Gasteiger charge is -2.37. The van der Waals surface area contributed by atoms with E-state index in [-0.39, 0.29) is 5.92 Å². The zero-order valence-electron chi connectivity index (χ0n) is 9.81. The van der Waals surface area contributed by atoms with E-state index in [0.29, 0.717) is 36.6 Å². The van der Waals surface area contributed by atoms with E-state index in [4.69, 9.17) is 5.11 Å². The van der Waals surface area contributed by atoms with Crippen LogP contribution in [0.25, 0.3) is 11.2 Å². The Kier molecular flexibility index (Phi) is 2.35. The van der Waals surface area contributed by atoms with Crippen LogP contribution in [-0.4, -0.2) is 49.1 Å². The predicted octanol–water partition coefficient (Wildman–Crippen LogP) is -0.238. The van der Waals surface area contributed by atoms with Crippen molar-refractivity contribution in [1.82, 2.24) is 25.0 Å². The number of rotatable bonds is 3. The smallest absolute Gasteiger partial charge is 0.310 e. The average molecular weight is 248 g/mol. The molecule has 0 unspecified atom stereocenters.